The lowest BCUT2D eigenvalue weighted by Crippen LogP contribution is -2.23. The van der Waals surface area contributed by atoms with Gasteiger partial charge in [-0.05, 0) is 12.2 Å². The Morgan fingerprint density at radius 2 is 2.33 bits per heavy atom. The van der Waals surface area contributed by atoms with Gasteiger partial charge in [-0.3, -0.25) is 9.89 Å². The Balaban J connectivity index is 2.29. The van der Waals surface area contributed by atoms with Gasteiger partial charge in [0.2, 0.25) is 0 Å². The van der Waals surface area contributed by atoms with Crippen molar-refractivity contribution in [1.29, 1.82) is 0 Å². The number of aromatic nitrogens is 3. The number of nitrogens with one attached hydrogen (secondary N) is 1. The Hall–Kier alpha value is -0.970. The Kier molecular flexibility index (Phi) is 1.61. The van der Waals surface area contributed by atoms with Crippen LogP contribution in [0.5, 0.6) is 0 Å². The number of aromatic amines is 1. The van der Waals surface area contributed by atoms with Gasteiger partial charge >= 0.3 is 0 Å². The van der Waals surface area contributed by atoms with Crippen LogP contribution < -0.4 is 0 Å². The Bertz CT molecular complexity index is 370. The molecular weight excluding hydrogens is 174 g/mol. The smallest absolute Gasteiger partial charge is 0.194 e. The SMILES string of the molecule is Cn1c(C2CC(=O)C2)n[nH]c1=S. The van der Waals surface area contributed by atoms with Gasteiger partial charge in [0.1, 0.15) is 11.6 Å². The Labute approximate surface area is 74.6 Å². The molecule has 4 nitrogen and oxygen atoms in total. The van der Waals surface area contributed by atoms with E-state index >= 15 is 0 Å². The first kappa shape index (κ1) is 7.67. The van der Waals surface area contributed by atoms with E-state index in [1.807, 2.05) is 11.6 Å². The number of H-pyrrole nitrogens is 1. The predicted octanol–water partition coefficient (Wildman–Crippen LogP) is 0.924. The van der Waals surface area contributed by atoms with Gasteiger partial charge < -0.3 is 4.57 Å². The van der Waals surface area contributed by atoms with E-state index in [0.29, 0.717) is 23.4 Å². The zero-order chi connectivity index (χ0) is 8.72. The lowest BCUT2D eigenvalue weighted by atomic mass is 9.83. The molecule has 1 aliphatic carbocycles. The molecule has 1 N–H and O–H groups in total. The summed E-state index contributed by atoms with van der Waals surface area (Å²) in [6.45, 7) is 0. The van der Waals surface area contributed by atoms with E-state index < -0.39 is 0 Å². The van der Waals surface area contributed by atoms with Crippen molar-refractivity contribution in [3.05, 3.63) is 10.6 Å². The highest BCUT2D eigenvalue weighted by atomic mass is 32.1. The van der Waals surface area contributed by atoms with Crippen molar-refractivity contribution in [2.45, 2.75) is 18.8 Å². The van der Waals surface area contributed by atoms with Crippen molar-refractivity contribution in [1.82, 2.24) is 14.8 Å². The number of ketones is 1. The predicted molar refractivity (Wildman–Crippen MR) is 45.4 cm³/mol. The monoisotopic (exact) mass is 183 g/mol. The molecular formula is C7H9N3OS. The summed E-state index contributed by atoms with van der Waals surface area (Å²) in [5.41, 5.74) is 0. The molecule has 0 spiro atoms. The standard InChI is InChI=1S/C7H9N3OS/c1-10-6(8-9-7(10)12)4-2-5(11)3-4/h4H,2-3H2,1H3,(H,9,12). The zero-order valence-electron chi connectivity index (χ0n) is 6.70. The summed E-state index contributed by atoms with van der Waals surface area (Å²) < 4.78 is 2.44. The molecule has 1 saturated carbocycles. The van der Waals surface area contributed by atoms with Crippen molar-refractivity contribution >= 4 is 18.0 Å². The first-order chi connectivity index (χ1) is 5.68. The van der Waals surface area contributed by atoms with Crippen molar-refractivity contribution in [2.75, 3.05) is 0 Å². The maximum atomic E-state index is 10.7. The summed E-state index contributed by atoms with van der Waals surface area (Å²) in [5.74, 6) is 1.50. The molecule has 12 heavy (non-hydrogen) atoms. The molecule has 0 aliphatic heterocycles. The summed E-state index contributed by atoms with van der Waals surface area (Å²) in [7, 11) is 1.87. The molecule has 1 aromatic heterocycles. The van der Waals surface area contributed by atoms with Gasteiger partial charge in [0.05, 0.1) is 0 Å². The minimum Gasteiger partial charge on any atom is -0.307 e. The van der Waals surface area contributed by atoms with Gasteiger partial charge in [-0.2, -0.15) is 5.10 Å². The van der Waals surface area contributed by atoms with Gasteiger partial charge in [0.15, 0.2) is 4.77 Å². The van der Waals surface area contributed by atoms with Gasteiger partial charge in [-0.15, -0.1) is 0 Å². The molecule has 64 valence electrons. The van der Waals surface area contributed by atoms with Crippen LogP contribution in [0.2, 0.25) is 0 Å². The number of nitrogens with zero attached hydrogens (tertiary/aromatic N) is 2. The van der Waals surface area contributed by atoms with E-state index in [4.69, 9.17) is 12.2 Å². The average Bonchev–Trinajstić information content (AvgIpc) is 2.28. The number of carbonyl (C=O) groups is 1. The third-order valence-electron chi connectivity index (χ3n) is 2.23. The van der Waals surface area contributed by atoms with E-state index in [2.05, 4.69) is 10.2 Å². The maximum Gasteiger partial charge on any atom is 0.194 e. The highest BCUT2D eigenvalue weighted by Gasteiger charge is 2.31. The van der Waals surface area contributed by atoms with Crippen molar-refractivity contribution in [2.24, 2.45) is 7.05 Å². The van der Waals surface area contributed by atoms with Crippen LogP contribution >= 0.6 is 12.2 Å². The number of rotatable bonds is 1. The van der Waals surface area contributed by atoms with Crippen LogP contribution in [0.4, 0.5) is 0 Å². The fourth-order valence-corrected chi connectivity index (χ4v) is 1.54. The molecule has 1 heterocycles. The minimum atomic E-state index is 0.287. The summed E-state index contributed by atoms with van der Waals surface area (Å²) in [5, 5.41) is 6.77. The quantitative estimate of drug-likeness (QED) is 0.659. The fraction of sp³-hybridized carbons (Fsp3) is 0.571. The molecule has 0 saturated heterocycles. The summed E-state index contributed by atoms with van der Waals surface area (Å²) in [6, 6.07) is 0. The van der Waals surface area contributed by atoms with Gasteiger partial charge in [0.25, 0.3) is 0 Å². The summed E-state index contributed by atoms with van der Waals surface area (Å²) in [4.78, 5) is 10.7. The molecule has 0 unspecified atom stereocenters. The molecule has 1 fully saturated rings. The minimum absolute atomic E-state index is 0.287. The average molecular weight is 183 g/mol. The highest BCUT2D eigenvalue weighted by molar-refractivity contribution is 7.71. The van der Waals surface area contributed by atoms with Crippen molar-refractivity contribution in [3.8, 4) is 0 Å². The summed E-state index contributed by atoms with van der Waals surface area (Å²) >= 11 is 4.95. The molecule has 0 radical (unpaired) electrons. The molecule has 0 amide bonds. The third-order valence-corrected chi connectivity index (χ3v) is 2.59. The Morgan fingerprint density at radius 1 is 1.67 bits per heavy atom. The second-order valence-corrected chi connectivity index (χ2v) is 3.48. The number of carbonyl (C=O) groups excluding carboxylic acids is 1. The van der Waals surface area contributed by atoms with Crippen LogP contribution in [0, 0.1) is 4.77 Å². The second kappa shape index (κ2) is 2.52. The second-order valence-electron chi connectivity index (χ2n) is 3.09. The van der Waals surface area contributed by atoms with E-state index in [0.717, 1.165) is 5.82 Å². The van der Waals surface area contributed by atoms with Crippen LogP contribution in [0.3, 0.4) is 0 Å². The first-order valence-electron chi connectivity index (χ1n) is 3.81. The van der Waals surface area contributed by atoms with E-state index in [1.165, 1.54) is 0 Å². The van der Waals surface area contributed by atoms with Crippen LogP contribution in [-0.4, -0.2) is 20.5 Å². The maximum absolute atomic E-state index is 10.7. The van der Waals surface area contributed by atoms with E-state index in [1.54, 1.807) is 0 Å². The normalized spacial score (nSPS) is 17.9. The van der Waals surface area contributed by atoms with Crippen LogP contribution in [-0.2, 0) is 11.8 Å². The van der Waals surface area contributed by atoms with Crippen molar-refractivity contribution < 1.29 is 4.79 Å². The van der Waals surface area contributed by atoms with Crippen LogP contribution in [0.1, 0.15) is 24.6 Å². The van der Waals surface area contributed by atoms with Gasteiger partial charge in [0, 0.05) is 25.8 Å². The lowest BCUT2D eigenvalue weighted by Gasteiger charge is -2.22. The molecule has 0 atom stereocenters. The van der Waals surface area contributed by atoms with Gasteiger partial charge in [-0.1, -0.05) is 0 Å². The number of hydrogen-bond donors (Lipinski definition) is 1. The molecule has 2 rings (SSSR count). The molecule has 5 heteroatoms. The molecule has 0 bridgehead atoms. The van der Waals surface area contributed by atoms with E-state index in [9.17, 15) is 4.79 Å². The van der Waals surface area contributed by atoms with Crippen LogP contribution in [0.15, 0.2) is 0 Å². The van der Waals surface area contributed by atoms with Crippen LogP contribution in [0.25, 0.3) is 0 Å². The lowest BCUT2D eigenvalue weighted by molar-refractivity contribution is -0.124. The van der Waals surface area contributed by atoms with E-state index in [-0.39, 0.29) is 5.92 Å². The van der Waals surface area contributed by atoms with Crippen molar-refractivity contribution in [3.63, 3.8) is 0 Å². The van der Waals surface area contributed by atoms with Gasteiger partial charge in [-0.25, -0.2) is 0 Å². The largest absolute Gasteiger partial charge is 0.307 e. The fourth-order valence-electron chi connectivity index (χ4n) is 1.40. The third kappa shape index (κ3) is 1.01. The topological polar surface area (TPSA) is 50.7 Å². The number of hydrogen-bond acceptors (Lipinski definition) is 3. The Morgan fingerprint density at radius 3 is 2.75 bits per heavy atom. The molecule has 1 aliphatic rings. The number of Topliss-reactive ketones (excluding diaryl/α,β-unsaturated/α-hetero) is 1. The highest BCUT2D eigenvalue weighted by Crippen LogP contribution is 2.31. The zero-order valence-corrected chi connectivity index (χ0v) is 7.52. The summed E-state index contributed by atoms with van der Waals surface area (Å²) in [6.07, 6.45) is 1.24. The molecule has 0 aromatic carbocycles. The molecule has 1 aromatic rings. The first-order valence-corrected chi connectivity index (χ1v) is 4.22.